The molecule has 0 saturated heterocycles. The van der Waals surface area contributed by atoms with Gasteiger partial charge in [0, 0.05) is 6.42 Å². The van der Waals surface area contributed by atoms with Crippen molar-refractivity contribution in [1.29, 1.82) is 0 Å². The van der Waals surface area contributed by atoms with Crippen molar-refractivity contribution >= 4 is 39.1 Å². The molecule has 1 aromatic rings. The standard InChI is InChI=1S/C14H19BrClNO/c1-2-3-4-5-6-10-13(18)17-12-9-7-8-11(16)14(12)15/h7-9H,2-6,10H2,1H3,(H,17,18). The van der Waals surface area contributed by atoms with Crippen LogP contribution < -0.4 is 5.32 Å². The summed E-state index contributed by atoms with van der Waals surface area (Å²) in [7, 11) is 0. The predicted octanol–water partition coefficient (Wildman–Crippen LogP) is 5.40. The van der Waals surface area contributed by atoms with Crippen LogP contribution in [-0.4, -0.2) is 5.91 Å². The zero-order valence-corrected chi connectivity index (χ0v) is 13.0. The Bertz CT molecular complexity index is 395. The molecule has 1 amide bonds. The molecule has 0 aliphatic carbocycles. The van der Waals surface area contributed by atoms with Crippen LogP contribution in [0.25, 0.3) is 0 Å². The second kappa shape index (κ2) is 8.54. The highest BCUT2D eigenvalue weighted by atomic mass is 79.9. The van der Waals surface area contributed by atoms with Gasteiger partial charge in [-0.3, -0.25) is 4.79 Å². The molecular formula is C14H19BrClNO. The van der Waals surface area contributed by atoms with Gasteiger partial charge in [0.2, 0.25) is 5.91 Å². The molecule has 1 aromatic carbocycles. The summed E-state index contributed by atoms with van der Waals surface area (Å²) < 4.78 is 0.742. The number of carbonyl (C=O) groups excluding carboxylic acids is 1. The SMILES string of the molecule is CCCCCCCC(=O)Nc1cccc(Cl)c1Br. The number of hydrogen-bond donors (Lipinski definition) is 1. The van der Waals surface area contributed by atoms with Gasteiger partial charge in [0.15, 0.2) is 0 Å². The van der Waals surface area contributed by atoms with E-state index in [1.165, 1.54) is 19.3 Å². The van der Waals surface area contributed by atoms with Crippen molar-refractivity contribution < 1.29 is 4.79 Å². The van der Waals surface area contributed by atoms with E-state index in [1.54, 1.807) is 6.07 Å². The van der Waals surface area contributed by atoms with Crippen LogP contribution in [0.15, 0.2) is 22.7 Å². The minimum absolute atomic E-state index is 0.0504. The quantitative estimate of drug-likeness (QED) is 0.665. The monoisotopic (exact) mass is 331 g/mol. The Hall–Kier alpha value is -0.540. The zero-order valence-electron chi connectivity index (χ0n) is 10.6. The Morgan fingerprint density at radius 2 is 2.00 bits per heavy atom. The largest absolute Gasteiger partial charge is 0.325 e. The third-order valence-electron chi connectivity index (χ3n) is 2.73. The van der Waals surface area contributed by atoms with Crippen molar-refractivity contribution in [3.05, 3.63) is 27.7 Å². The van der Waals surface area contributed by atoms with Crippen LogP contribution in [0.5, 0.6) is 0 Å². The minimum Gasteiger partial charge on any atom is -0.325 e. The van der Waals surface area contributed by atoms with Gasteiger partial charge in [0.05, 0.1) is 15.2 Å². The molecule has 0 heterocycles. The van der Waals surface area contributed by atoms with E-state index >= 15 is 0 Å². The van der Waals surface area contributed by atoms with E-state index in [0.29, 0.717) is 11.4 Å². The molecule has 0 fully saturated rings. The van der Waals surface area contributed by atoms with Gasteiger partial charge < -0.3 is 5.32 Å². The van der Waals surface area contributed by atoms with Crippen molar-refractivity contribution in [2.24, 2.45) is 0 Å². The van der Waals surface area contributed by atoms with E-state index in [2.05, 4.69) is 28.2 Å². The van der Waals surface area contributed by atoms with Crippen LogP contribution in [0, 0.1) is 0 Å². The maximum absolute atomic E-state index is 11.7. The number of unbranched alkanes of at least 4 members (excludes halogenated alkanes) is 4. The van der Waals surface area contributed by atoms with Gasteiger partial charge in [-0.1, -0.05) is 50.3 Å². The fraction of sp³-hybridized carbons (Fsp3) is 0.500. The van der Waals surface area contributed by atoms with Gasteiger partial charge in [-0.15, -0.1) is 0 Å². The van der Waals surface area contributed by atoms with Gasteiger partial charge in [-0.2, -0.15) is 0 Å². The van der Waals surface area contributed by atoms with Crippen LogP contribution in [-0.2, 0) is 4.79 Å². The van der Waals surface area contributed by atoms with Crippen LogP contribution in [0.4, 0.5) is 5.69 Å². The Labute approximate surface area is 122 Å². The summed E-state index contributed by atoms with van der Waals surface area (Å²) in [4.78, 5) is 11.7. The van der Waals surface area contributed by atoms with E-state index in [1.807, 2.05) is 12.1 Å². The molecule has 0 radical (unpaired) electrons. The third-order valence-corrected chi connectivity index (χ3v) is 4.13. The lowest BCUT2D eigenvalue weighted by Crippen LogP contribution is -2.11. The van der Waals surface area contributed by atoms with E-state index in [-0.39, 0.29) is 5.91 Å². The number of hydrogen-bond acceptors (Lipinski definition) is 1. The molecule has 0 aliphatic rings. The summed E-state index contributed by atoms with van der Waals surface area (Å²) in [5.74, 6) is 0.0504. The number of halogens is 2. The molecule has 2 nitrogen and oxygen atoms in total. The molecule has 1 rings (SSSR count). The minimum atomic E-state index is 0.0504. The van der Waals surface area contributed by atoms with E-state index in [4.69, 9.17) is 11.6 Å². The zero-order chi connectivity index (χ0) is 13.4. The van der Waals surface area contributed by atoms with Crippen molar-refractivity contribution in [2.75, 3.05) is 5.32 Å². The summed E-state index contributed by atoms with van der Waals surface area (Å²) in [5, 5.41) is 3.48. The van der Waals surface area contributed by atoms with Crippen LogP contribution in [0.1, 0.15) is 45.4 Å². The van der Waals surface area contributed by atoms with Crippen molar-refractivity contribution in [1.82, 2.24) is 0 Å². The number of benzene rings is 1. The molecule has 0 aliphatic heterocycles. The van der Waals surface area contributed by atoms with Gasteiger partial charge in [-0.25, -0.2) is 0 Å². The van der Waals surface area contributed by atoms with Crippen LogP contribution >= 0.6 is 27.5 Å². The molecule has 100 valence electrons. The normalized spacial score (nSPS) is 10.4. The number of amides is 1. The topological polar surface area (TPSA) is 29.1 Å². The maximum Gasteiger partial charge on any atom is 0.224 e. The number of nitrogens with one attached hydrogen (secondary N) is 1. The first kappa shape index (κ1) is 15.5. The summed E-state index contributed by atoms with van der Waals surface area (Å²) in [6, 6.07) is 5.45. The predicted molar refractivity (Wildman–Crippen MR) is 81.2 cm³/mol. The highest BCUT2D eigenvalue weighted by Gasteiger charge is 2.07. The maximum atomic E-state index is 11.7. The highest BCUT2D eigenvalue weighted by Crippen LogP contribution is 2.30. The van der Waals surface area contributed by atoms with Crippen LogP contribution in [0.2, 0.25) is 5.02 Å². The van der Waals surface area contributed by atoms with Gasteiger partial charge >= 0.3 is 0 Å². The van der Waals surface area contributed by atoms with Crippen molar-refractivity contribution in [2.45, 2.75) is 45.4 Å². The van der Waals surface area contributed by atoms with Crippen molar-refractivity contribution in [3.63, 3.8) is 0 Å². The van der Waals surface area contributed by atoms with Gasteiger partial charge in [0.1, 0.15) is 0 Å². The summed E-state index contributed by atoms with van der Waals surface area (Å²) in [6.07, 6.45) is 6.33. The summed E-state index contributed by atoms with van der Waals surface area (Å²) in [6.45, 7) is 2.18. The Kier molecular flexibility index (Phi) is 7.36. The second-order valence-corrected chi connectivity index (χ2v) is 5.51. The Morgan fingerprint density at radius 3 is 2.72 bits per heavy atom. The molecule has 0 aromatic heterocycles. The number of rotatable bonds is 7. The molecule has 0 bridgehead atoms. The molecule has 0 atom stereocenters. The first-order valence-electron chi connectivity index (χ1n) is 6.39. The number of carbonyl (C=O) groups is 1. The summed E-state index contributed by atoms with van der Waals surface area (Å²) in [5.41, 5.74) is 0.737. The molecule has 0 saturated carbocycles. The lowest BCUT2D eigenvalue weighted by molar-refractivity contribution is -0.116. The van der Waals surface area contributed by atoms with Crippen LogP contribution in [0.3, 0.4) is 0 Å². The fourth-order valence-electron chi connectivity index (χ4n) is 1.70. The third kappa shape index (κ3) is 5.40. The lowest BCUT2D eigenvalue weighted by Gasteiger charge is -2.08. The lowest BCUT2D eigenvalue weighted by atomic mass is 10.1. The first-order chi connectivity index (χ1) is 8.65. The van der Waals surface area contributed by atoms with E-state index in [0.717, 1.165) is 23.0 Å². The molecular weight excluding hydrogens is 314 g/mol. The Balaban J connectivity index is 2.34. The van der Waals surface area contributed by atoms with E-state index < -0.39 is 0 Å². The highest BCUT2D eigenvalue weighted by molar-refractivity contribution is 9.10. The van der Waals surface area contributed by atoms with E-state index in [9.17, 15) is 4.79 Å². The first-order valence-corrected chi connectivity index (χ1v) is 7.56. The summed E-state index contributed by atoms with van der Waals surface area (Å²) >= 11 is 9.33. The van der Waals surface area contributed by atoms with Gasteiger partial charge in [0.25, 0.3) is 0 Å². The fourth-order valence-corrected chi connectivity index (χ4v) is 2.24. The molecule has 0 spiro atoms. The second-order valence-electron chi connectivity index (χ2n) is 4.31. The molecule has 18 heavy (non-hydrogen) atoms. The average molecular weight is 333 g/mol. The smallest absolute Gasteiger partial charge is 0.224 e. The number of anilines is 1. The average Bonchev–Trinajstić information content (AvgIpc) is 2.35. The van der Waals surface area contributed by atoms with Gasteiger partial charge in [-0.05, 0) is 34.5 Å². The Morgan fingerprint density at radius 1 is 1.28 bits per heavy atom. The van der Waals surface area contributed by atoms with Crippen molar-refractivity contribution in [3.8, 4) is 0 Å². The molecule has 1 N–H and O–H groups in total. The molecule has 4 heteroatoms. The molecule has 0 unspecified atom stereocenters.